The Balaban J connectivity index is 0.000000194. The molecule has 0 unspecified atom stereocenters. The van der Waals surface area contributed by atoms with Gasteiger partial charge < -0.3 is 14.4 Å². The third kappa shape index (κ3) is 5.86. The zero-order chi connectivity index (χ0) is 30.2. The van der Waals surface area contributed by atoms with E-state index < -0.39 is 6.85 Å². The molecule has 41 heavy (non-hydrogen) atoms. The largest absolute Gasteiger partial charge is 0.500 e. The first kappa shape index (κ1) is 24.7. The number of aryl methyl sites for hydroxylation is 1. The van der Waals surface area contributed by atoms with Gasteiger partial charge in [-0.05, 0) is 46.2 Å². The molecule has 0 bridgehead atoms. The summed E-state index contributed by atoms with van der Waals surface area (Å²) in [6.45, 7) is 4.54. The predicted octanol–water partition coefficient (Wildman–Crippen LogP) is 9.75. The van der Waals surface area contributed by atoms with Crippen LogP contribution in [0.2, 0.25) is 0 Å². The molecule has 7 rings (SSSR count). The molecule has 0 amide bonds. The Kier molecular flexibility index (Phi) is 7.09. The van der Waals surface area contributed by atoms with Crippen LogP contribution in [0.15, 0.2) is 114 Å². The fourth-order valence-corrected chi connectivity index (χ4v) is 4.80. The Morgan fingerprint density at radius 2 is 1.56 bits per heavy atom. The third-order valence-corrected chi connectivity index (χ3v) is 6.95. The molecule has 4 aromatic carbocycles. The number of aromatic nitrogens is 2. The topological polar surface area (TPSA) is 38.9 Å². The molecule has 0 spiro atoms. The second-order valence-corrected chi connectivity index (χ2v) is 10.7. The minimum Gasteiger partial charge on any atom is -0.500 e. The standard InChI is InChI=1S/C25H20NO.C12H10N.Ir/c1-25(2,3)17-13-14-26-22(15-17)21-10-6-9-19-20-12-11-16-7-4-5-8-18(16)23(20)27-24(19)21;1-10-7-8-12(13-9-10)11-5-3-2-4-6-11;/h4-9,11-15H,1-3H3;2-5,7-9H,1H3;/q2*-1;/i;1D3;. The number of pyridine rings is 2. The number of hydrogen-bond acceptors (Lipinski definition) is 3. The fourth-order valence-electron chi connectivity index (χ4n) is 4.80. The Morgan fingerprint density at radius 3 is 2.32 bits per heavy atom. The van der Waals surface area contributed by atoms with E-state index in [1.807, 2.05) is 30.5 Å². The SMILES string of the molecule is CC(C)(C)c1ccnc(-c2[c-]ccc3c2oc2c4ccccc4ccc32)c1.[2H]C([2H])([2H])c1ccc(-c2[c-]cccc2)nc1.[Ir]. The molecular formula is C37H30IrN2O-2. The molecule has 4 heteroatoms. The predicted molar refractivity (Wildman–Crippen MR) is 165 cm³/mol. The van der Waals surface area contributed by atoms with Crippen LogP contribution in [-0.2, 0) is 25.5 Å². The van der Waals surface area contributed by atoms with Crippen molar-refractivity contribution in [3.05, 3.63) is 133 Å². The van der Waals surface area contributed by atoms with E-state index in [1.54, 1.807) is 18.2 Å². The average molecular weight is 714 g/mol. The molecule has 0 aliphatic heterocycles. The average Bonchev–Trinajstić information content (AvgIpc) is 3.41. The second-order valence-electron chi connectivity index (χ2n) is 10.7. The number of furan rings is 1. The number of fused-ring (bicyclic) bond motifs is 5. The van der Waals surface area contributed by atoms with Crippen molar-refractivity contribution in [2.45, 2.75) is 33.0 Å². The maximum absolute atomic E-state index is 7.23. The van der Waals surface area contributed by atoms with Gasteiger partial charge in [0.1, 0.15) is 5.58 Å². The number of benzene rings is 4. The van der Waals surface area contributed by atoms with Crippen LogP contribution in [0.4, 0.5) is 0 Å². The molecule has 3 heterocycles. The second kappa shape index (κ2) is 11.8. The van der Waals surface area contributed by atoms with Gasteiger partial charge in [-0.15, -0.1) is 54.1 Å². The van der Waals surface area contributed by atoms with Gasteiger partial charge in [0.05, 0.1) is 5.58 Å². The van der Waals surface area contributed by atoms with E-state index in [9.17, 15) is 0 Å². The molecule has 0 atom stereocenters. The van der Waals surface area contributed by atoms with E-state index in [1.165, 1.54) is 17.1 Å². The van der Waals surface area contributed by atoms with Crippen LogP contribution in [0.1, 0.15) is 36.0 Å². The van der Waals surface area contributed by atoms with Crippen molar-refractivity contribution in [2.24, 2.45) is 0 Å². The molecule has 0 fully saturated rings. The van der Waals surface area contributed by atoms with Gasteiger partial charge >= 0.3 is 0 Å². The molecule has 0 N–H and O–H groups in total. The first-order valence-corrected chi connectivity index (χ1v) is 13.2. The molecule has 0 saturated heterocycles. The molecule has 205 valence electrons. The van der Waals surface area contributed by atoms with Crippen molar-refractivity contribution in [1.82, 2.24) is 9.97 Å². The normalized spacial score (nSPS) is 12.6. The molecule has 3 nitrogen and oxygen atoms in total. The number of rotatable bonds is 2. The summed E-state index contributed by atoms with van der Waals surface area (Å²) in [6, 6.07) is 38.0. The van der Waals surface area contributed by atoms with Crippen LogP contribution < -0.4 is 0 Å². The summed E-state index contributed by atoms with van der Waals surface area (Å²) in [6.07, 6.45) is 3.27. The summed E-state index contributed by atoms with van der Waals surface area (Å²) in [5.74, 6) is 0. The molecular weight excluding hydrogens is 681 g/mol. The van der Waals surface area contributed by atoms with Crippen molar-refractivity contribution in [1.29, 1.82) is 0 Å². The first-order valence-electron chi connectivity index (χ1n) is 14.7. The van der Waals surface area contributed by atoms with Crippen molar-refractivity contribution >= 4 is 32.7 Å². The zero-order valence-corrected chi connectivity index (χ0v) is 25.4. The van der Waals surface area contributed by atoms with Gasteiger partial charge in [-0.1, -0.05) is 86.3 Å². The van der Waals surface area contributed by atoms with E-state index in [2.05, 4.69) is 97.5 Å². The summed E-state index contributed by atoms with van der Waals surface area (Å²) < 4.78 is 28.1. The van der Waals surface area contributed by atoms with E-state index in [0.717, 1.165) is 49.8 Å². The Morgan fingerprint density at radius 1 is 0.732 bits per heavy atom. The summed E-state index contributed by atoms with van der Waals surface area (Å²) in [4.78, 5) is 8.74. The van der Waals surface area contributed by atoms with Crippen molar-refractivity contribution in [3.8, 4) is 22.5 Å². The van der Waals surface area contributed by atoms with E-state index in [4.69, 9.17) is 8.53 Å². The molecule has 3 aromatic heterocycles. The van der Waals surface area contributed by atoms with Crippen LogP contribution in [0, 0.1) is 19.0 Å². The van der Waals surface area contributed by atoms with Gasteiger partial charge in [-0.25, -0.2) is 0 Å². The van der Waals surface area contributed by atoms with Crippen molar-refractivity contribution < 1.29 is 28.6 Å². The summed E-state index contributed by atoms with van der Waals surface area (Å²) >= 11 is 0. The Labute approximate surface area is 258 Å². The summed E-state index contributed by atoms with van der Waals surface area (Å²) in [5, 5.41) is 4.55. The first-order chi connectivity index (χ1) is 20.6. The van der Waals surface area contributed by atoms with Crippen LogP contribution in [0.3, 0.4) is 0 Å². The van der Waals surface area contributed by atoms with E-state index in [-0.39, 0.29) is 31.1 Å². The smallest absolute Gasteiger partial charge is 0.128 e. The van der Waals surface area contributed by atoms with E-state index >= 15 is 0 Å². The van der Waals surface area contributed by atoms with Crippen LogP contribution in [0.25, 0.3) is 55.2 Å². The molecule has 0 aliphatic rings. The molecule has 0 aliphatic carbocycles. The van der Waals surface area contributed by atoms with Gasteiger partial charge in [0.25, 0.3) is 0 Å². The van der Waals surface area contributed by atoms with Gasteiger partial charge in [0.15, 0.2) is 0 Å². The Hall–Kier alpha value is -4.11. The quantitative estimate of drug-likeness (QED) is 0.168. The third-order valence-electron chi connectivity index (χ3n) is 6.95. The zero-order valence-electron chi connectivity index (χ0n) is 26.0. The summed E-state index contributed by atoms with van der Waals surface area (Å²) in [5.41, 5.74) is 6.75. The fraction of sp³-hybridized carbons (Fsp3) is 0.135. The van der Waals surface area contributed by atoms with Gasteiger partial charge in [-0.3, -0.25) is 0 Å². The minimum absolute atomic E-state index is 0. The van der Waals surface area contributed by atoms with Crippen molar-refractivity contribution in [3.63, 3.8) is 0 Å². The monoisotopic (exact) mass is 714 g/mol. The maximum atomic E-state index is 7.23. The van der Waals surface area contributed by atoms with Crippen molar-refractivity contribution in [2.75, 3.05) is 0 Å². The Bertz CT molecular complexity index is 2040. The number of nitrogens with zero attached hydrogens (tertiary/aromatic N) is 2. The number of hydrogen-bond donors (Lipinski definition) is 0. The molecule has 0 saturated carbocycles. The van der Waals surface area contributed by atoms with Crippen LogP contribution in [0.5, 0.6) is 0 Å². The maximum Gasteiger partial charge on any atom is 0.128 e. The summed E-state index contributed by atoms with van der Waals surface area (Å²) in [7, 11) is 0. The van der Waals surface area contributed by atoms with Crippen LogP contribution in [-0.4, -0.2) is 9.97 Å². The minimum atomic E-state index is -2.09. The molecule has 7 aromatic rings. The van der Waals surface area contributed by atoms with Crippen LogP contribution >= 0.6 is 0 Å². The van der Waals surface area contributed by atoms with E-state index in [0.29, 0.717) is 0 Å². The molecule has 1 radical (unpaired) electrons. The van der Waals surface area contributed by atoms with Gasteiger partial charge in [0, 0.05) is 47.4 Å². The van der Waals surface area contributed by atoms with Gasteiger partial charge in [-0.2, -0.15) is 0 Å². The van der Waals surface area contributed by atoms with Gasteiger partial charge in [0.2, 0.25) is 0 Å².